The lowest BCUT2D eigenvalue weighted by molar-refractivity contribution is 0.198. The molecular weight excluding hydrogens is 234 g/mol. The molecule has 7 heteroatoms. The monoisotopic (exact) mass is 253 g/mol. The summed E-state index contributed by atoms with van der Waals surface area (Å²) in [4.78, 5) is 14.6. The minimum absolute atomic E-state index is 0.292. The fourth-order valence-electron chi connectivity index (χ4n) is 1.82. The van der Waals surface area contributed by atoms with Crippen LogP contribution in [0, 0.1) is 0 Å². The molecule has 0 radical (unpaired) electrons. The van der Waals surface area contributed by atoms with Crippen molar-refractivity contribution in [2.24, 2.45) is 0 Å². The molecule has 1 saturated heterocycles. The molecule has 0 spiro atoms. The molecule has 7 nitrogen and oxygen atoms in total. The highest BCUT2D eigenvalue weighted by Gasteiger charge is 2.23. The molecule has 0 aliphatic carbocycles. The Balaban J connectivity index is 2.17. The smallest absolute Gasteiger partial charge is 0.322 e. The van der Waals surface area contributed by atoms with E-state index in [0.29, 0.717) is 24.5 Å². The largest absolute Gasteiger partial charge is 0.467 e. The average Bonchev–Trinajstić information content (AvgIpc) is 2.82. The van der Waals surface area contributed by atoms with Crippen molar-refractivity contribution in [3.8, 4) is 6.01 Å². The van der Waals surface area contributed by atoms with Gasteiger partial charge in [0.05, 0.1) is 13.2 Å². The minimum atomic E-state index is -0.306. The van der Waals surface area contributed by atoms with Crippen molar-refractivity contribution in [2.75, 3.05) is 37.0 Å². The van der Waals surface area contributed by atoms with Gasteiger partial charge < -0.3 is 20.1 Å². The number of aliphatic hydroxyl groups is 1. The third-order valence-corrected chi connectivity index (χ3v) is 2.76. The van der Waals surface area contributed by atoms with Gasteiger partial charge in [-0.05, 0) is 12.8 Å². The molecule has 1 unspecified atom stereocenters. The number of hydrogen-bond acceptors (Lipinski definition) is 7. The van der Waals surface area contributed by atoms with E-state index in [2.05, 4.69) is 27.2 Å². The Kier molecular flexibility index (Phi) is 4.14. The van der Waals surface area contributed by atoms with Crippen LogP contribution in [0.5, 0.6) is 6.01 Å². The van der Waals surface area contributed by atoms with Gasteiger partial charge in [-0.2, -0.15) is 15.0 Å². The van der Waals surface area contributed by atoms with Crippen LogP contribution in [0.3, 0.4) is 0 Å². The van der Waals surface area contributed by atoms with Crippen LogP contribution in [-0.2, 0) is 0 Å². The predicted molar refractivity (Wildman–Crippen MR) is 68.0 cm³/mol. The number of anilines is 2. The van der Waals surface area contributed by atoms with Gasteiger partial charge in [0.2, 0.25) is 11.9 Å². The summed E-state index contributed by atoms with van der Waals surface area (Å²) in [5, 5.41) is 12.7. The van der Waals surface area contributed by atoms with Crippen molar-refractivity contribution in [3.05, 3.63) is 0 Å². The molecule has 1 atom stereocenters. The van der Waals surface area contributed by atoms with Crippen molar-refractivity contribution in [2.45, 2.75) is 25.9 Å². The first kappa shape index (κ1) is 12.8. The van der Waals surface area contributed by atoms with E-state index in [-0.39, 0.29) is 6.10 Å². The first-order valence-corrected chi connectivity index (χ1v) is 6.20. The zero-order valence-corrected chi connectivity index (χ0v) is 10.8. The summed E-state index contributed by atoms with van der Waals surface area (Å²) in [6.45, 7) is 4.18. The molecule has 100 valence electrons. The molecule has 0 saturated carbocycles. The Hall–Kier alpha value is -1.63. The third-order valence-electron chi connectivity index (χ3n) is 2.76. The van der Waals surface area contributed by atoms with Gasteiger partial charge in [-0.15, -0.1) is 0 Å². The predicted octanol–water partition coefficient (Wildman–Crippen LogP) is 0.273. The molecule has 1 aliphatic rings. The van der Waals surface area contributed by atoms with Crippen molar-refractivity contribution in [3.63, 3.8) is 0 Å². The molecular formula is C11H19N5O2. The number of nitrogens with zero attached hydrogens (tertiary/aromatic N) is 4. The normalized spacial score (nSPS) is 19.1. The molecule has 18 heavy (non-hydrogen) atoms. The quantitative estimate of drug-likeness (QED) is 0.779. The molecule has 1 fully saturated rings. The van der Waals surface area contributed by atoms with Gasteiger partial charge in [0.15, 0.2) is 0 Å². The highest BCUT2D eigenvalue weighted by Crippen LogP contribution is 2.19. The lowest BCUT2D eigenvalue weighted by atomic mass is 10.3. The molecule has 1 aromatic heterocycles. The summed E-state index contributed by atoms with van der Waals surface area (Å²) in [7, 11) is 1.53. The van der Waals surface area contributed by atoms with E-state index in [1.807, 2.05) is 4.90 Å². The van der Waals surface area contributed by atoms with Crippen molar-refractivity contribution < 1.29 is 9.84 Å². The van der Waals surface area contributed by atoms with Gasteiger partial charge in [0.25, 0.3) is 0 Å². The van der Waals surface area contributed by atoms with Crippen molar-refractivity contribution in [1.82, 2.24) is 15.0 Å². The second-order valence-corrected chi connectivity index (χ2v) is 4.26. The second kappa shape index (κ2) is 5.81. The Labute approximate surface area is 106 Å². The molecule has 1 aromatic rings. The summed E-state index contributed by atoms with van der Waals surface area (Å²) in [5.74, 6) is 1.07. The van der Waals surface area contributed by atoms with Crippen LogP contribution >= 0.6 is 0 Å². The van der Waals surface area contributed by atoms with Gasteiger partial charge in [0.1, 0.15) is 0 Å². The fraction of sp³-hybridized carbons (Fsp3) is 0.727. The van der Waals surface area contributed by atoms with Gasteiger partial charge in [-0.1, -0.05) is 6.92 Å². The van der Waals surface area contributed by atoms with Crippen LogP contribution in [0.1, 0.15) is 19.8 Å². The van der Waals surface area contributed by atoms with E-state index >= 15 is 0 Å². The fourth-order valence-corrected chi connectivity index (χ4v) is 1.82. The SMILES string of the molecule is CCCNc1nc(OC)nc(N2CCC(O)C2)n1. The van der Waals surface area contributed by atoms with E-state index in [0.717, 1.165) is 25.9 Å². The summed E-state index contributed by atoms with van der Waals surface area (Å²) < 4.78 is 5.07. The van der Waals surface area contributed by atoms with Crippen LogP contribution < -0.4 is 15.0 Å². The molecule has 0 aromatic carbocycles. The maximum absolute atomic E-state index is 9.54. The average molecular weight is 253 g/mol. The van der Waals surface area contributed by atoms with Crippen molar-refractivity contribution >= 4 is 11.9 Å². The van der Waals surface area contributed by atoms with Gasteiger partial charge in [-0.3, -0.25) is 0 Å². The lowest BCUT2D eigenvalue weighted by Crippen LogP contribution is -2.24. The Bertz CT molecular complexity index is 401. The Morgan fingerprint density at radius 1 is 1.44 bits per heavy atom. The van der Waals surface area contributed by atoms with Crippen LogP contribution in [0.25, 0.3) is 0 Å². The van der Waals surface area contributed by atoms with Gasteiger partial charge >= 0.3 is 6.01 Å². The Morgan fingerprint density at radius 3 is 2.89 bits per heavy atom. The number of hydrogen-bond donors (Lipinski definition) is 2. The van der Waals surface area contributed by atoms with Crippen LogP contribution in [0.2, 0.25) is 0 Å². The number of ether oxygens (including phenoxy) is 1. The van der Waals surface area contributed by atoms with Gasteiger partial charge in [0, 0.05) is 19.6 Å². The van der Waals surface area contributed by atoms with E-state index in [1.54, 1.807) is 0 Å². The summed E-state index contributed by atoms with van der Waals surface area (Å²) in [5.41, 5.74) is 0. The lowest BCUT2D eigenvalue weighted by Gasteiger charge is -2.16. The maximum atomic E-state index is 9.54. The standard InChI is InChI=1S/C11H19N5O2/c1-3-5-12-9-13-10(15-11(14-9)18-2)16-6-4-8(17)7-16/h8,17H,3-7H2,1-2H3,(H,12,13,14,15). The molecule has 0 amide bonds. The maximum Gasteiger partial charge on any atom is 0.322 e. The van der Waals surface area contributed by atoms with E-state index < -0.39 is 0 Å². The number of nitrogens with one attached hydrogen (secondary N) is 1. The summed E-state index contributed by atoms with van der Waals surface area (Å²) in [6, 6.07) is 0.292. The summed E-state index contributed by atoms with van der Waals surface area (Å²) >= 11 is 0. The van der Waals surface area contributed by atoms with Gasteiger partial charge in [-0.25, -0.2) is 0 Å². The van der Waals surface area contributed by atoms with Crippen molar-refractivity contribution in [1.29, 1.82) is 0 Å². The number of methoxy groups -OCH3 is 1. The topological polar surface area (TPSA) is 83.4 Å². The highest BCUT2D eigenvalue weighted by atomic mass is 16.5. The van der Waals surface area contributed by atoms with Crippen LogP contribution in [0.15, 0.2) is 0 Å². The number of aromatic nitrogens is 3. The molecule has 2 rings (SSSR count). The van der Waals surface area contributed by atoms with E-state index in [4.69, 9.17) is 4.74 Å². The first-order chi connectivity index (χ1) is 8.72. The molecule has 0 bridgehead atoms. The zero-order chi connectivity index (χ0) is 13.0. The molecule has 2 N–H and O–H groups in total. The number of β-amino-alcohol motifs (C(OH)–C–C–N with tert-alkyl or cyclic N) is 1. The Morgan fingerprint density at radius 2 is 2.28 bits per heavy atom. The van der Waals surface area contributed by atoms with E-state index in [1.165, 1.54) is 7.11 Å². The minimum Gasteiger partial charge on any atom is -0.467 e. The van der Waals surface area contributed by atoms with Crippen LogP contribution in [0.4, 0.5) is 11.9 Å². The van der Waals surface area contributed by atoms with Crippen LogP contribution in [-0.4, -0.2) is 52.9 Å². The highest BCUT2D eigenvalue weighted by molar-refractivity contribution is 5.39. The summed E-state index contributed by atoms with van der Waals surface area (Å²) in [6.07, 6.45) is 1.43. The number of aliphatic hydroxyl groups excluding tert-OH is 1. The number of rotatable bonds is 5. The first-order valence-electron chi connectivity index (χ1n) is 6.20. The zero-order valence-electron chi connectivity index (χ0n) is 10.8. The van der Waals surface area contributed by atoms with E-state index in [9.17, 15) is 5.11 Å². The second-order valence-electron chi connectivity index (χ2n) is 4.26. The third kappa shape index (κ3) is 2.98. The molecule has 1 aliphatic heterocycles. The molecule has 2 heterocycles.